The van der Waals surface area contributed by atoms with E-state index in [1.165, 1.54) is 25.7 Å². The molecule has 0 aliphatic heterocycles. The van der Waals surface area contributed by atoms with Gasteiger partial charge >= 0.3 is 0 Å². The molecule has 0 aromatic rings. The third kappa shape index (κ3) is 9.38. The lowest BCUT2D eigenvalue weighted by molar-refractivity contribution is -0.306. The normalized spacial score (nSPS) is 12.8. The van der Waals surface area contributed by atoms with Crippen LogP contribution in [-0.2, 0) is 4.79 Å². The average molecular weight is 185 g/mol. The number of carbonyl (C=O) groups excluding carboxylic acids is 1. The molecule has 0 aliphatic rings. The molecule has 0 aromatic carbocycles. The summed E-state index contributed by atoms with van der Waals surface area (Å²) in [5.41, 5.74) is 0. The number of carboxylic acids is 1. The highest BCUT2D eigenvalue weighted by Crippen LogP contribution is 2.13. The van der Waals surface area contributed by atoms with E-state index < -0.39 is 5.97 Å². The van der Waals surface area contributed by atoms with Gasteiger partial charge in [-0.05, 0) is 12.3 Å². The van der Waals surface area contributed by atoms with Crippen molar-refractivity contribution in [2.75, 3.05) is 0 Å². The van der Waals surface area contributed by atoms with Crippen molar-refractivity contribution in [2.24, 2.45) is 5.92 Å². The summed E-state index contributed by atoms with van der Waals surface area (Å²) in [7, 11) is 0. The van der Waals surface area contributed by atoms with Crippen LogP contribution in [0.3, 0.4) is 0 Å². The fourth-order valence-electron chi connectivity index (χ4n) is 1.48. The summed E-state index contributed by atoms with van der Waals surface area (Å²) < 4.78 is 0. The molecule has 0 radical (unpaired) electrons. The van der Waals surface area contributed by atoms with Crippen LogP contribution in [0.25, 0.3) is 0 Å². The maximum Gasteiger partial charge on any atom is 0.0416 e. The minimum absolute atomic E-state index is 0.216. The van der Waals surface area contributed by atoms with Gasteiger partial charge in [-0.2, -0.15) is 0 Å². The monoisotopic (exact) mass is 185 g/mol. The summed E-state index contributed by atoms with van der Waals surface area (Å²) in [6.07, 6.45) is 7.49. The van der Waals surface area contributed by atoms with Crippen LogP contribution in [0.5, 0.6) is 0 Å². The standard InChI is InChI=1S/C11H22O2/c1-3-4-5-6-7-8-10(2)9-11(12)13/h10H,3-9H2,1-2H3,(H,12,13)/p-1. The predicted octanol–water partition coefficient (Wildman–Crippen LogP) is 2.12. The average Bonchev–Trinajstić information content (AvgIpc) is 2.02. The van der Waals surface area contributed by atoms with E-state index in [-0.39, 0.29) is 12.3 Å². The van der Waals surface area contributed by atoms with Gasteiger partial charge in [0.1, 0.15) is 0 Å². The first-order valence-corrected chi connectivity index (χ1v) is 5.36. The highest BCUT2D eigenvalue weighted by molar-refractivity contribution is 5.64. The second-order valence-corrected chi connectivity index (χ2v) is 3.88. The van der Waals surface area contributed by atoms with E-state index in [1.54, 1.807) is 0 Å². The Morgan fingerprint density at radius 1 is 1.23 bits per heavy atom. The molecule has 0 heterocycles. The number of hydrogen-bond donors (Lipinski definition) is 0. The smallest absolute Gasteiger partial charge is 0.0416 e. The zero-order chi connectivity index (χ0) is 10.1. The summed E-state index contributed by atoms with van der Waals surface area (Å²) in [6.45, 7) is 4.17. The number of unbranched alkanes of at least 4 members (excludes halogenated alkanes) is 4. The molecule has 0 rings (SSSR count). The highest BCUT2D eigenvalue weighted by atomic mass is 16.4. The molecule has 0 saturated carbocycles. The molecule has 1 atom stereocenters. The van der Waals surface area contributed by atoms with E-state index in [0.29, 0.717) is 0 Å². The van der Waals surface area contributed by atoms with Gasteiger partial charge in [0, 0.05) is 5.97 Å². The van der Waals surface area contributed by atoms with Crippen LogP contribution in [0.4, 0.5) is 0 Å². The molecule has 0 bridgehead atoms. The summed E-state index contributed by atoms with van der Waals surface area (Å²) in [5, 5.41) is 10.2. The van der Waals surface area contributed by atoms with Crippen molar-refractivity contribution in [3.8, 4) is 0 Å². The van der Waals surface area contributed by atoms with E-state index in [1.807, 2.05) is 6.92 Å². The third-order valence-corrected chi connectivity index (χ3v) is 2.32. The molecule has 1 unspecified atom stereocenters. The number of rotatable bonds is 8. The molecule has 0 saturated heterocycles. The van der Waals surface area contributed by atoms with Crippen molar-refractivity contribution < 1.29 is 9.90 Å². The van der Waals surface area contributed by atoms with Gasteiger partial charge < -0.3 is 9.90 Å². The maximum atomic E-state index is 10.2. The van der Waals surface area contributed by atoms with Gasteiger partial charge in [-0.3, -0.25) is 0 Å². The van der Waals surface area contributed by atoms with Crippen molar-refractivity contribution >= 4 is 5.97 Å². The second kappa shape index (κ2) is 8.09. The highest BCUT2D eigenvalue weighted by Gasteiger charge is 2.01. The molecule has 0 N–H and O–H groups in total. The molecular weight excluding hydrogens is 164 g/mol. The lowest BCUT2D eigenvalue weighted by Gasteiger charge is -2.11. The second-order valence-electron chi connectivity index (χ2n) is 3.88. The summed E-state index contributed by atoms with van der Waals surface area (Å²) >= 11 is 0. The van der Waals surface area contributed by atoms with Crippen molar-refractivity contribution in [3.63, 3.8) is 0 Å². The molecule has 0 aromatic heterocycles. The van der Waals surface area contributed by atoms with Crippen molar-refractivity contribution in [1.82, 2.24) is 0 Å². The Kier molecular flexibility index (Phi) is 7.76. The molecule has 2 nitrogen and oxygen atoms in total. The number of hydrogen-bond acceptors (Lipinski definition) is 2. The van der Waals surface area contributed by atoms with Gasteiger partial charge in [-0.15, -0.1) is 0 Å². The first kappa shape index (κ1) is 12.5. The van der Waals surface area contributed by atoms with E-state index in [2.05, 4.69) is 6.92 Å². The lowest BCUT2D eigenvalue weighted by atomic mass is 9.99. The van der Waals surface area contributed by atoms with Crippen LogP contribution < -0.4 is 5.11 Å². The zero-order valence-corrected chi connectivity index (χ0v) is 8.84. The van der Waals surface area contributed by atoms with Gasteiger partial charge in [-0.25, -0.2) is 0 Å². The number of carboxylic acid groups (broad SMARTS) is 1. The Morgan fingerprint density at radius 3 is 2.38 bits per heavy atom. The largest absolute Gasteiger partial charge is 0.550 e. The van der Waals surface area contributed by atoms with Crippen molar-refractivity contribution in [2.45, 2.75) is 58.8 Å². The quantitative estimate of drug-likeness (QED) is 0.543. The van der Waals surface area contributed by atoms with Crippen LogP contribution in [0.2, 0.25) is 0 Å². The molecule has 2 heteroatoms. The van der Waals surface area contributed by atoms with Crippen LogP contribution in [0.1, 0.15) is 58.8 Å². The van der Waals surface area contributed by atoms with Crippen LogP contribution in [0, 0.1) is 5.92 Å². The number of aliphatic carboxylic acids is 1. The maximum absolute atomic E-state index is 10.2. The predicted molar refractivity (Wildman–Crippen MR) is 52.2 cm³/mol. The van der Waals surface area contributed by atoms with Crippen LogP contribution in [0.15, 0.2) is 0 Å². The summed E-state index contributed by atoms with van der Waals surface area (Å²) in [6, 6.07) is 0. The van der Waals surface area contributed by atoms with Gasteiger partial charge in [0.2, 0.25) is 0 Å². The van der Waals surface area contributed by atoms with Crippen LogP contribution >= 0.6 is 0 Å². The topological polar surface area (TPSA) is 40.1 Å². The van der Waals surface area contributed by atoms with Crippen LogP contribution in [-0.4, -0.2) is 5.97 Å². The van der Waals surface area contributed by atoms with Crippen molar-refractivity contribution in [3.05, 3.63) is 0 Å². The van der Waals surface area contributed by atoms with E-state index in [9.17, 15) is 9.90 Å². The first-order chi connectivity index (χ1) is 6.16. The van der Waals surface area contributed by atoms with Gasteiger partial charge in [0.25, 0.3) is 0 Å². The summed E-state index contributed by atoms with van der Waals surface area (Å²) in [5.74, 6) is -0.632. The van der Waals surface area contributed by atoms with E-state index in [0.717, 1.165) is 12.8 Å². The van der Waals surface area contributed by atoms with Crippen molar-refractivity contribution in [1.29, 1.82) is 0 Å². The molecule has 13 heavy (non-hydrogen) atoms. The Balaban J connectivity index is 3.17. The summed E-state index contributed by atoms with van der Waals surface area (Å²) in [4.78, 5) is 10.2. The minimum Gasteiger partial charge on any atom is -0.550 e. The first-order valence-electron chi connectivity index (χ1n) is 5.36. The zero-order valence-electron chi connectivity index (χ0n) is 8.84. The fourth-order valence-corrected chi connectivity index (χ4v) is 1.48. The Morgan fingerprint density at radius 2 is 1.85 bits per heavy atom. The molecule has 0 aliphatic carbocycles. The van der Waals surface area contributed by atoms with E-state index in [4.69, 9.17) is 0 Å². The van der Waals surface area contributed by atoms with Gasteiger partial charge in [0.15, 0.2) is 0 Å². The Hall–Kier alpha value is -0.530. The Bertz CT molecular complexity index is 132. The SMILES string of the molecule is CCCCCCCC(C)CC(=O)[O-]. The lowest BCUT2D eigenvalue weighted by Crippen LogP contribution is -2.24. The molecule has 0 spiro atoms. The Labute approximate surface area is 81.3 Å². The minimum atomic E-state index is -0.916. The molecule has 0 amide bonds. The van der Waals surface area contributed by atoms with Gasteiger partial charge in [-0.1, -0.05) is 52.4 Å². The number of carbonyl (C=O) groups is 1. The molecular formula is C11H21O2-. The molecule has 78 valence electrons. The van der Waals surface area contributed by atoms with E-state index >= 15 is 0 Å². The third-order valence-electron chi connectivity index (χ3n) is 2.32. The molecule has 0 fully saturated rings. The van der Waals surface area contributed by atoms with Gasteiger partial charge in [0.05, 0.1) is 0 Å². The fraction of sp³-hybridized carbons (Fsp3) is 0.909.